The molecule has 5 rings (SSSR count). The number of rotatable bonds is 4. The summed E-state index contributed by atoms with van der Waals surface area (Å²) in [5, 5.41) is 39.7. The van der Waals surface area contributed by atoms with Gasteiger partial charge in [0.15, 0.2) is 12.4 Å². The van der Waals surface area contributed by atoms with Crippen LogP contribution in [0.1, 0.15) is 78.6 Å². The number of hydrogen-bond donors (Lipinski definition) is 4. The predicted octanol–water partition coefficient (Wildman–Crippen LogP) is 2.51. The molecule has 1 heterocycles. The Morgan fingerprint density at radius 2 is 1.54 bits per heavy atom. The van der Waals surface area contributed by atoms with E-state index in [4.69, 9.17) is 9.47 Å². The Bertz CT molecular complexity index is 847. The standard InChI is InChI=1S/C27H42O8/c1-13(28)17-6-7-18-16-5-4-14-12-15(8-10-26(14,2)19(16)9-11-27(17,18)3)34-25-22(31)20(29)21(30)23(35-25)24(32)33/h14-23,25,29-31H,4-12H2,1-3H3,(H,32,33)/t14-,15-,16+,17+,18-,19-,20+,21+,22-,23+,25-,26+,27+/m1/s1. The molecule has 0 aromatic rings. The fraction of sp³-hybridized carbons (Fsp3) is 0.926. The third-order valence-corrected chi connectivity index (χ3v) is 11.2. The minimum atomic E-state index is -1.71. The van der Waals surface area contributed by atoms with Crippen LogP contribution in [0.5, 0.6) is 0 Å². The van der Waals surface area contributed by atoms with E-state index in [2.05, 4.69) is 13.8 Å². The predicted molar refractivity (Wildman–Crippen MR) is 125 cm³/mol. The first-order chi connectivity index (χ1) is 16.5. The summed E-state index contributed by atoms with van der Waals surface area (Å²) < 4.78 is 11.4. The molecule has 0 unspecified atom stereocenters. The largest absolute Gasteiger partial charge is 0.479 e. The summed E-state index contributed by atoms with van der Waals surface area (Å²) in [6.07, 6.45) is 1.46. The van der Waals surface area contributed by atoms with E-state index in [0.717, 1.165) is 38.5 Å². The number of Topliss-reactive ketones (excluding diaryl/α,β-unsaturated/α-hetero) is 1. The second-order valence-electron chi connectivity index (χ2n) is 12.7. The minimum absolute atomic E-state index is 0.150. The van der Waals surface area contributed by atoms with Gasteiger partial charge in [-0.3, -0.25) is 4.79 Å². The van der Waals surface area contributed by atoms with Gasteiger partial charge in [0.1, 0.15) is 24.1 Å². The van der Waals surface area contributed by atoms with Crippen molar-refractivity contribution in [3.05, 3.63) is 0 Å². The normalized spacial score (nSPS) is 53.8. The molecular weight excluding hydrogens is 452 g/mol. The Labute approximate surface area is 207 Å². The van der Waals surface area contributed by atoms with Crippen molar-refractivity contribution < 1.29 is 39.5 Å². The number of aliphatic hydroxyl groups excluding tert-OH is 3. The van der Waals surface area contributed by atoms with Gasteiger partial charge in [-0.1, -0.05) is 13.8 Å². The van der Waals surface area contributed by atoms with Crippen molar-refractivity contribution in [1.29, 1.82) is 0 Å². The van der Waals surface area contributed by atoms with Crippen LogP contribution in [0.3, 0.4) is 0 Å². The second-order valence-corrected chi connectivity index (χ2v) is 12.7. The molecule has 4 N–H and O–H groups in total. The molecule has 0 amide bonds. The number of carbonyl (C=O) groups excluding carboxylic acids is 1. The van der Waals surface area contributed by atoms with Crippen LogP contribution in [0.15, 0.2) is 0 Å². The molecular formula is C27H42O8. The summed E-state index contributed by atoms with van der Waals surface area (Å²) in [6, 6.07) is 0. The lowest BCUT2D eigenvalue weighted by atomic mass is 9.44. The van der Waals surface area contributed by atoms with E-state index in [-0.39, 0.29) is 22.9 Å². The van der Waals surface area contributed by atoms with Crippen LogP contribution in [-0.2, 0) is 19.1 Å². The summed E-state index contributed by atoms with van der Waals surface area (Å²) in [6.45, 7) is 6.59. The van der Waals surface area contributed by atoms with Crippen LogP contribution in [-0.4, -0.2) is 69.0 Å². The molecule has 4 aliphatic carbocycles. The van der Waals surface area contributed by atoms with Crippen molar-refractivity contribution >= 4 is 11.8 Å². The van der Waals surface area contributed by atoms with Crippen LogP contribution in [0.4, 0.5) is 0 Å². The van der Waals surface area contributed by atoms with Crippen molar-refractivity contribution in [2.75, 3.05) is 0 Å². The van der Waals surface area contributed by atoms with Gasteiger partial charge in [-0.15, -0.1) is 0 Å². The zero-order chi connectivity index (χ0) is 25.3. The number of carboxylic acids is 1. The van der Waals surface area contributed by atoms with Crippen molar-refractivity contribution in [2.45, 2.75) is 115 Å². The maximum Gasteiger partial charge on any atom is 0.335 e. The smallest absolute Gasteiger partial charge is 0.335 e. The first-order valence-corrected chi connectivity index (χ1v) is 13.6. The van der Waals surface area contributed by atoms with Crippen molar-refractivity contribution in [3.8, 4) is 0 Å². The highest BCUT2D eigenvalue weighted by Crippen LogP contribution is 2.67. The van der Waals surface area contributed by atoms with Gasteiger partial charge >= 0.3 is 5.97 Å². The number of carboxylic acid groups (broad SMARTS) is 1. The molecule has 35 heavy (non-hydrogen) atoms. The number of aliphatic carboxylic acids is 1. The summed E-state index contributed by atoms with van der Waals surface area (Å²) in [5.41, 5.74) is 0.362. The van der Waals surface area contributed by atoms with Gasteiger partial charge in [0.05, 0.1) is 6.10 Å². The van der Waals surface area contributed by atoms with Gasteiger partial charge in [-0.2, -0.15) is 0 Å². The van der Waals surface area contributed by atoms with E-state index in [1.54, 1.807) is 6.92 Å². The van der Waals surface area contributed by atoms with E-state index in [9.17, 15) is 30.0 Å². The molecule has 4 saturated carbocycles. The third-order valence-electron chi connectivity index (χ3n) is 11.2. The molecule has 8 heteroatoms. The summed E-state index contributed by atoms with van der Waals surface area (Å²) in [7, 11) is 0. The average Bonchev–Trinajstić information content (AvgIpc) is 3.17. The van der Waals surface area contributed by atoms with E-state index < -0.39 is 36.7 Å². The highest BCUT2D eigenvalue weighted by atomic mass is 16.7. The summed E-state index contributed by atoms with van der Waals surface area (Å²) in [5.74, 6) is 1.62. The molecule has 0 bridgehead atoms. The Balaban J connectivity index is 1.26. The molecule has 1 saturated heterocycles. The van der Waals surface area contributed by atoms with Gasteiger partial charge in [0.2, 0.25) is 0 Å². The molecule has 8 nitrogen and oxygen atoms in total. The molecule has 198 valence electrons. The van der Waals surface area contributed by atoms with Gasteiger partial charge in [0, 0.05) is 5.92 Å². The van der Waals surface area contributed by atoms with Gasteiger partial charge in [-0.05, 0) is 99.2 Å². The maximum atomic E-state index is 12.4. The lowest BCUT2D eigenvalue weighted by molar-refractivity contribution is -0.309. The van der Waals surface area contributed by atoms with Crippen molar-refractivity contribution in [3.63, 3.8) is 0 Å². The maximum absolute atomic E-state index is 12.4. The van der Waals surface area contributed by atoms with Crippen molar-refractivity contribution in [1.82, 2.24) is 0 Å². The molecule has 1 aliphatic heterocycles. The van der Waals surface area contributed by atoms with Crippen LogP contribution >= 0.6 is 0 Å². The van der Waals surface area contributed by atoms with Gasteiger partial charge in [-0.25, -0.2) is 4.79 Å². The monoisotopic (exact) mass is 494 g/mol. The van der Waals surface area contributed by atoms with Gasteiger partial charge < -0.3 is 29.9 Å². The molecule has 0 spiro atoms. The number of fused-ring (bicyclic) bond motifs is 5. The molecule has 0 aromatic carbocycles. The Hall–Kier alpha value is -1.06. The van der Waals surface area contributed by atoms with Crippen LogP contribution < -0.4 is 0 Å². The topological polar surface area (TPSA) is 134 Å². The molecule has 0 radical (unpaired) electrons. The fourth-order valence-corrected chi connectivity index (χ4v) is 9.36. The number of aliphatic hydroxyl groups is 3. The Kier molecular flexibility index (Phi) is 6.61. The minimum Gasteiger partial charge on any atom is -0.479 e. The molecule has 5 aliphatic rings. The molecule has 13 atom stereocenters. The number of ether oxygens (including phenoxy) is 2. The quantitative estimate of drug-likeness (QED) is 0.438. The third kappa shape index (κ3) is 3.99. The zero-order valence-electron chi connectivity index (χ0n) is 21.1. The van der Waals surface area contributed by atoms with E-state index in [1.807, 2.05) is 0 Å². The second kappa shape index (κ2) is 9.05. The summed E-state index contributed by atoms with van der Waals surface area (Å²) >= 11 is 0. The van der Waals surface area contributed by atoms with E-state index in [0.29, 0.717) is 29.5 Å². The highest BCUT2D eigenvalue weighted by molar-refractivity contribution is 5.79. The number of ketones is 1. The van der Waals surface area contributed by atoms with E-state index >= 15 is 0 Å². The van der Waals surface area contributed by atoms with Gasteiger partial charge in [0.25, 0.3) is 0 Å². The van der Waals surface area contributed by atoms with E-state index in [1.165, 1.54) is 19.3 Å². The number of hydrogen-bond acceptors (Lipinski definition) is 7. The molecule has 5 fully saturated rings. The van der Waals surface area contributed by atoms with Crippen LogP contribution in [0.2, 0.25) is 0 Å². The Morgan fingerprint density at radius 3 is 2.23 bits per heavy atom. The lowest BCUT2D eigenvalue weighted by Gasteiger charge is -2.61. The first kappa shape index (κ1) is 25.6. The first-order valence-electron chi connectivity index (χ1n) is 13.6. The highest BCUT2D eigenvalue weighted by Gasteiger charge is 2.61. The lowest BCUT2D eigenvalue weighted by Crippen LogP contribution is -2.61. The van der Waals surface area contributed by atoms with Crippen molar-refractivity contribution in [2.24, 2.45) is 40.4 Å². The van der Waals surface area contributed by atoms with Crippen LogP contribution in [0.25, 0.3) is 0 Å². The molecule has 0 aromatic heterocycles. The Morgan fingerprint density at radius 1 is 0.857 bits per heavy atom. The fourth-order valence-electron chi connectivity index (χ4n) is 9.36. The average molecular weight is 495 g/mol. The SMILES string of the molecule is CC(=O)[C@@H]1CC[C@@H]2[C@@H]3CC[C@@H]4C[C@H](O[C@@H]5O[C@H](C(=O)O)[C@@H](O)[C@H](O)[C@H]5O)CC[C@]4(C)[C@@H]3CC[C@]21C. The number of carbonyl (C=O) groups is 2. The zero-order valence-corrected chi connectivity index (χ0v) is 21.1. The van der Waals surface area contributed by atoms with Crippen LogP contribution in [0, 0.1) is 40.4 Å². The summed E-state index contributed by atoms with van der Waals surface area (Å²) in [4.78, 5) is 23.8.